The van der Waals surface area contributed by atoms with Gasteiger partial charge in [-0.3, -0.25) is 9.69 Å². The highest BCUT2D eigenvalue weighted by Gasteiger charge is 2.30. The Bertz CT molecular complexity index is 1270. The van der Waals surface area contributed by atoms with Crippen molar-refractivity contribution >= 4 is 63.8 Å². The smallest absolute Gasteiger partial charge is 0.337 e. The van der Waals surface area contributed by atoms with E-state index in [2.05, 4.69) is 4.99 Å². The lowest BCUT2D eigenvalue weighted by atomic mass is 10.2. The molecule has 0 saturated carbocycles. The molecular weight excluding hydrogens is 471 g/mol. The number of benzene rings is 2. The highest BCUT2D eigenvalue weighted by Crippen LogP contribution is 2.36. The molecule has 32 heavy (non-hydrogen) atoms. The van der Waals surface area contributed by atoms with E-state index >= 15 is 0 Å². The first-order chi connectivity index (χ1) is 15.4. The molecule has 1 aromatic heterocycles. The molecule has 1 saturated heterocycles. The first kappa shape index (κ1) is 22.2. The van der Waals surface area contributed by atoms with Crippen molar-refractivity contribution in [3.63, 3.8) is 0 Å². The molecule has 2 heterocycles. The first-order valence-corrected chi connectivity index (χ1v) is 10.9. The van der Waals surface area contributed by atoms with Crippen LogP contribution in [-0.2, 0) is 9.53 Å². The van der Waals surface area contributed by atoms with E-state index < -0.39 is 5.97 Å². The van der Waals surface area contributed by atoms with Gasteiger partial charge in [-0.1, -0.05) is 23.2 Å². The van der Waals surface area contributed by atoms with E-state index in [-0.39, 0.29) is 5.91 Å². The third kappa shape index (κ3) is 4.60. The molecule has 0 spiro atoms. The molecule has 162 valence electrons. The molecule has 0 unspecified atom stereocenters. The van der Waals surface area contributed by atoms with Gasteiger partial charge in [0, 0.05) is 23.7 Å². The average Bonchev–Trinajstić information content (AvgIpc) is 3.36. The van der Waals surface area contributed by atoms with E-state index in [4.69, 9.17) is 32.4 Å². The van der Waals surface area contributed by atoms with Gasteiger partial charge in [0.05, 0.1) is 28.3 Å². The fraction of sp³-hybridized carbons (Fsp3) is 0.0870. The maximum Gasteiger partial charge on any atom is 0.337 e. The van der Waals surface area contributed by atoms with Crippen LogP contribution in [0, 0.1) is 0 Å². The molecule has 0 atom stereocenters. The lowest BCUT2D eigenvalue weighted by Crippen LogP contribution is -2.23. The van der Waals surface area contributed by atoms with Crippen molar-refractivity contribution in [1.29, 1.82) is 0 Å². The molecule has 6 nitrogen and oxygen atoms in total. The van der Waals surface area contributed by atoms with Crippen molar-refractivity contribution in [3.8, 4) is 11.3 Å². The second kappa shape index (κ2) is 9.24. The van der Waals surface area contributed by atoms with Gasteiger partial charge in [-0.15, -0.1) is 0 Å². The topological polar surface area (TPSA) is 72.1 Å². The van der Waals surface area contributed by atoms with Crippen LogP contribution in [0.2, 0.25) is 10.0 Å². The van der Waals surface area contributed by atoms with Crippen molar-refractivity contribution < 1.29 is 18.7 Å². The molecular formula is C23H16Cl2N2O4S. The maximum absolute atomic E-state index is 12.7. The number of halogens is 2. The molecule has 1 amide bonds. The normalized spacial score (nSPS) is 16.2. The summed E-state index contributed by atoms with van der Waals surface area (Å²) >= 11 is 13.5. The van der Waals surface area contributed by atoms with Crippen LogP contribution in [0.4, 0.5) is 5.69 Å². The Balaban J connectivity index is 1.56. The molecule has 0 N–H and O–H groups in total. The fourth-order valence-electron chi connectivity index (χ4n) is 2.94. The molecule has 9 heteroatoms. The Labute approximate surface area is 198 Å². The second-order valence-electron chi connectivity index (χ2n) is 6.73. The van der Waals surface area contributed by atoms with Crippen LogP contribution in [0.5, 0.6) is 0 Å². The van der Waals surface area contributed by atoms with E-state index in [1.165, 1.54) is 23.8 Å². The van der Waals surface area contributed by atoms with Crippen molar-refractivity contribution in [1.82, 2.24) is 4.90 Å². The van der Waals surface area contributed by atoms with Crippen LogP contribution in [0.3, 0.4) is 0 Å². The number of amidine groups is 1. The zero-order valence-corrected chi connectivity index (χ0v) is 19.3. The number of rotatable bonds is 4. The van der Waals surface area contributed by atoms with Gasteiger partial charge in [-0.2, -0.15) is 0 Å². The van der Waals surface area contributed by atoms with Crippen LogP contribution in [0.1, 0.15) is 16.1 Å². The van der Waals surface area contributed by atoms with E-state index in [9.17, 15) is 9.59 Å². The quantitative estimate of drug-likeness (QED) is 0.320. The Hall–Kier alpha value is -3.00. The Morgan fingerprint density at radius 2 is 1.88 bits per heavy atom. The van der Waals surface area contributed by atoms with Gasteiger partial charge in [-0.25, -0.2) is 9.79 Å². The highest BCUT2D eigenvalue weighted by atomic mass is 35.5. The summed E-state index contributed by atoms with van der Waals surface area (Å²) in [6, 6.07) is 15.3. The largest absolute Gasteiger partial charge is 0.465 e. The number of amides is 1. The highest BCUT2D eigenvalue weighted by molar-refractivity contribution is 8.18. The number of nitrogens with zero attached hydrogens (tertiary/aromatic N) is 2. The Morgan fingerprint density at radius 3 is 2.59 bits per heavy atom. The standard InChI is InChI=1S/C23H16Cl2N2O4S/c1-27-21(28)20(32-23(27)26-15-6-3-13(4-7-15)22(29)30-2)12-16-8-10-19(31-16)17-11-14(24)5-9-18(17)25/h3-12H,1-2H3/b20-12-,26-23?. The molecule has 1 aliphatic rings. The average molecular weight is 487 g/mol. The summed E-state index contributed by atoms with van der Waals surface area (Å²) in [7, 11) is 2.97. The molecule has 1 aliphatic heterocycles. The SMILES string of the molecule is COC(=O)c1ccc(N=C2S/C(=C\c3ccc(-c4cc(Cl)ccc4Cl)o3)C(=O)N2C)cc1. The number of thioether (sulfide) groups is 1. The van der Waals surface area contributed by atoms with Gasteiger partial charge < -0.3 is 9.15 Å². The Kier molecular flexibility index (Phi) is 6.41. The number of carbonyl (C=O) groups is 2. The van der Waals surface area contributed by atoms with E-state index in [0.717, 1.165) is 0 Å². The van der Waals surface area contributed by atoms with E-state index in [0.29, 0.717) is 48.5 Å². The minimum atomic E-state index is -0.422. The fourth-order valence-corrected chi connectivity index (χ4v) is 4.29. The zero-order chi connectivity index (χ0) is 22.8. The summed E-state index contributed by atoms with van der Waals surface area (Å²) in [6.07, 6.45) is 1.66. The minimum Gasteiger partial charge on any atom is -0.465 e. The van der Waals surface area contributed by atoms with Gasteiger partial charge in [0.25, 0.3) is 5.91 Å². The lowest BCUT2D eigenvalue weighted by Gasteiger charge is -2.07. The summed E-state index contributed by atoms with van der Waals surface area (Å²) < 4.78 is 10.6. The number of hydrogen-bond donors (Lipinski definition) is 0. The van der Waals surface area contributed by atoms with Crippen molar-refractivity contribution in [2.24, 2.45) is 4.99 Å². The van der Waals surface area contributed by atoms with E-state index in [1.807, 2.05) is 0 Å². The number of hydrogen-bond acceptors (Lipinski definition) is 6. The number of ether oxygens (including phenoxy) is 1. The summed E-state index contributed by atoms with van der Waals surface area (Å²) in [4.78, 5) is 30.7. The lowest BCUT2D eigenvalue weighted by molar-refractivity contribution is -0.121. The number of methoxy groups -OCH3 is 1. The molecule has 1 fully saturated rings. The van der Waals surface area contributed by atoms with Crippen molar-refractivity contribution in [2.75, 3.05) is 14.2 Å². The first-order valence-electron chi connectivity index (χ1n) is 9.35. The van der Waals surface area contributed by atoms with Gasteiger partial charge in [0.1, 0.15) is 11.5 Å². The van der Waals surface area contributed by atoms with Crippen LogP contribution >= 0.6 is 35.0 Å². The summed E-state index contributed by atoms with van der Waals surface area (Å²) in [5.74, 6) is 0.434. The predicted octanol–water partition coefficient (Wildman–Crippen LogP) is 6.27. The molecule has 4 rings (SSSR count). The molecule has 2 aromatic carbocycles. The van der Waals surface area contributed by atoms with Crippen molar-refractivity contribution in [3.05, 3.63) is 80.9 Å². The predicted molar refractivity (Wildman–Crippen MR) is 127 cm³/mol. The second-order valence-corrected chi connectivity index (χ2v) is 8.59. The zero-order valence-electron chi connectivity index (χ0n) is 17.0. The molecule has 3 aromatic rings. The molecule has 0 radical (unpaired) electrons. The third-order valence-electron chi connectivity index (χ3n) is 4.61. The molecule has 0 bridgehead atoms. The maximum atomic E-state index is 12.7. The number of esters is 1. The van der Waals surface area contributed by atoms with E-state index in [1.54, 1.807) is 67.7 Å². The molecule has 0 aliphatic carbocycles. The van der Waals surface area contributed by atoms with Crippen LogP contribution in [0.25, 0.3) is 17.4 Å². The van der Waals surface area contributed by atoms with Crippen LogP contribution in [0.15, 0.2) is 68.9 Å². The van der Waals surface area contributed by atoms with Crippen molar-refractivity contribution in [2.45, 2.75) is 0 Å². The minimum absolute atomic E-state index is 0.196. The summed E-state index contributed by atoms with van der Waals surface area (Å²) in [5, 5.41) is 1.57. The number of furan rings is 1. The van der Waals surface area contributed by atoms with Gasteiger partial charge in [0.15, 0.2) is 5.17 Å². The monoisotopic (exact) mass is 486 g/mol. The third-order valence-corrected chi connectivity index (χ3v) is 6.24. The number of carbonyl (C=O) groups excluding carboxylic acids is 2. The van der Waals surface area contributed by atoms with Crippen LogP contribution < -0.4 is 0 Å². The summed E-state index contributed by atoms with van der Waals surface area (Å²) in [5.41, 5.74) is 1.70. The number of likely N-dealkylation sites (N-methyl/N-ethyl adjacent to an activating group) is 1. The van der Waals surface area contributed by atoms with Gasteiger partial charge in [0.2, 0.25) is 0 Å². The van der Waals surface area contributed by atoms with Gasteiger partial charge in [-0.05, 0) is 66.4 Å². The Morgan fingerprint density at radius 1 is 1.12 bits per heavy atom. The van der Waals surface area contributed by atoms with Crippen LogP contribution in [-0.4, -0.2) is 36.1 Å². The number of aliphatic imine (C=N–C) groups is 1. The summed E-state index contributed by atoms with van der Waals surface area (Å²) in [6.45, 7) is 0. The van der Waals surface area contributed by atoms with Gasteiger partial charge >= 0.3 is 5.97 Å².